The Hall–Kier alpha value is 0.780. The van der Waals surface area contributed by atoms with E-state index in [9.17, 15) is 0 Å². The average Bonchev–Trinajstić information content (AvgIpc) is 2.56. The fourth-order valence-corrected chi connectivity index (χ4v) is 3.81. The first-order valence-corrected chi connectivity index (χ1v) is 8.52. The summed E-state index contributed by atoms with van der Waals surface area (Å²) in [5, 5.41) is 3.52. The summed E-state index contributed by atoms with van der Waals surface area (Å²) in [4.78, 5) is 1.28. The molecule has 0 aromatic carbocycles. The second kappa shape index (κ2) is 7.98. The molecule has 1 atom stereocenters. The fraction of sp³-hybridized carbons (Fsp3) is 0.636. The van der Waals surface area contributed by atoms with Crippen LogP contribution in [-0.2, 0) is 6.54 Å². The molecule has 1 nitrogen and oxygen atoms in total. The van der Waals surface area contributed by atoms with E-state index in [2.05, 4.69) is 41.2 Å². The van der Waals surface area contributed by atoms with Gasteiger partial charge in [0.15, 0.2) is 0 Å². The Morgan fingerprint density at radius 3 is 2.94 bits per heavy atom. The van der Waals surface area contributed by atoms with Gasteiger partial charge in [-0.15, -0.1) is 11.3 Å². The SMILES string of the molecule is CCSCCC(C)NCc1cc(Br)c(Cl)s1. The molecule has 1 aromatic rings. The van der Waals surface area contributed by atoms with E-state index in [1.165, 1.54) is 22.8 Å². The highest BCUT2D eigenvalue weighted by atomic mass is 79.9. The van der Waals surface area contributed by atoms with E-state index in [0.29, 0.717) is 6.04 Å². The minimum absolute atomic E-state index is 0.568. The van der Waals surface area contributed by atoms with Gasteiger partial charge in [-0.25, -0.2) is 0 Å². The zero-order valence-corrected chi connectivity index (χ0v) is 13.5. The topological polar surface area (TPSA) is 12.0 Å². The first-order chi connectivity index (χ1) is 7.63. The van der Waals surface area contributed by atoms with Gasteiger partial charge in [-0.1, -0.05) is 18.5 Å². The summed E-state index contributed by atoms with van der Waals surface area (Å²) in [6.07, 6.45) is 1.22. The Morgan fingerprint density at radius 1 is 1.62 bits per heavy atom. The second-order valence-electron chi connectivity index (χ2n) is 3.60. The lowest BCUT2D eigenvalue weighted by molar-refractivity contribution is 0.540. The average molecular weight is 343 g/mol. The van der Waals surface area contributed by atoms with Crippen LogP contribution in [0.1, 0.15) is 25.1 Å². The van der Waals surface area contributed by atoms with Crippen LogP contribution >= 0.6 is 50.6 Å². The van der Waals surface area contributed by atoms with E-state index in [4.69, 9.17) is 11.6 Å². The first-order valence-electron chi connectivity index (χ1n) is 5.38. The van der Waals surface area contributed by atoms with Crippen LogP contribution in [0.2, 0.25) is 4.34 Å². The van der Waals surface area contributed by atoms with Crippen molar-refractivity contribution in [3.8, 4) is 0 Å². The summed E-state index contributed by atoms with van der Waals surface area (Å²) in [6, 6.07) is 2.66. The minimum atomic E-state index is 0.568. The Kier molecular flexibility index (Phi) is 7.40. The van der Waals surface area contributed by atoms with Gasteiger partial charge in [0.25, 0.3) is 0 Å². The molecule has 16 heavy (non-hydrogen) atoms. The molecule has 0 amide bonds. The lowest BCUT2D eigenvalue weighted by Gasteiger charge is -2.12. The second-order valence-corrected chi connectivity index (χ2v) is 7.59. The van der Waals surface area contributed by atoms with Crippen molar-refractivity contribution in [3.63, 3.8) is 0 Å². The van der Waals surface area contributed by atoms with E-state index in [1.807, 2.05) is 11.8 Å². The number of hydrogen-bond acceptors (Lipinski definition) is 3. The van der Waals surface area contributed by atoms with E-state index < -0.39 is 0 Å². The zero-order chi connectivity index (χ0) is 12.0. The molecule has 0 fully saturated rings. The number of thiophene rings is 1. The highest BCUT2D eigenvalue weighted by Gasteiger charge is 2.06. The predicted octanol–water partition coefficient (Wildman–Crippen LogP) is 4.79. The van der Waals surface area contributed by atoms with Crippen LogP contribution in [-0.4, -0.2) is 17.5 Å². The maximum atomic E-state index is 5.99. The minimum Gasteiger partial charge on any atom is -0.309 e. The summed E-state index contributed by atoms with van der Waals surface area (Å²) in [5.41, 5.74) is 0. The molecule has 92 valence electrons. The predicted molar refractivity (Wildman–Crippen MR) is 80.9 cm³/mol. The Labute approximate surface area is 119 Å². The molecule has 0 aliphatic rings. The van der Waals surface area contributed by atoms with Crippen LogP contribution in [0, 0.1) is 0 Å². The van der Waals surface area contributed by atoms with Crippen LogP contribution in [0.5, 0.6) is 0 Å². The van der Waals surface area contributed by atoms with Gasteiger partial charge in [-0.3, -0.25) is 0 Å². The van der Waals surface area contributed by atoms with Gasteiger partial charge >= 0.3 is 0 Å². The molecule has 0 aliphatic heterocycles. The third-order valence-corrected chi connectivity index (χ3v) is 5.63. The highest BCUT2D eigenvalue weighted by Crippen LogP contribution is 2.31. The van der Waals surface area contributed by atoms with Crippen LogP contribution in [0.15, 0.2) is 10.5 Å². The zero-order valence-electron chi connectivity index (χ0n) is 9.56. The molecule has 1 unspecified atom stereocenters. The number of halogens is 2. The fourth-order valence-electron chi connectivity index (χ4n) is 1.26. The Morgan fingerprint density at radius 2 is 2.38 bits per heavy atom. The largest absolute Gasteiger partial charge is 0.309 e. The summed E-state index contributed by atoms with van der Waals surface area (Å²) < 4.78 is 1.84. The first kappa shape index (κ1) is 14.8. The number of nitrogens with one attached hydrogen (secondary N) is 1. The maximum absolute atomic E-state index is 5.99. The normalized spacial score (nSPS) is 13.0. The summed E-state index contributed by atoms with van der Waals surface area (Å²) in [7, 11) is 0. The Bertz CT molecular complexity index is 297. The summed E-state index contributed by atoms with van der Waals surface area (Å²) in [6.45, 7) is 5.35. The van der Waals surface area contributed by atoms with Crippen LogP contribution in [0.25, 0.3) is 0 Å². The lowest BCUT2D eigenvalue weighted by Crippen LogP contribution is -2.25. The van der Waals surface area contributed by atoms with Crippen molar-refractivity contribution in [1.82, 2.24) is 5.32 Å². The van der Waals surface area contributed by atoms with E-state index in [-0.39, 0.29) is 0 Å². The van der Waals surface area contributed by atoms with Crippen LogP contribution < -0.4 is 5.32 Å². The molecule has 0 saturated heterocycles. The molecule has 0 saturated carbocycles. The summed E-state index contributed by atoms with van der Waals surface area (Å²) >= 11 is 13.0. The van der Waals surface area contributed by atoms with Crippen LogP contribution in [0.3, 0.4) is 0 Å². The van der Waals surface area contributed by atoms with Crippen LogP contribution in [0.4, 0.5) is 0 Å². The third-order valence-electron chi connectivity index (χ3n) is 2.22. The van der Waals surface area contributed by atoms with Gasteiger partial charge in [-0.2, -0.15) is 11.8 Å². The molecule has 0 radical (unpaired) electrons. The van der Waals surface area contributed by atoms with E-state index in [0.717, 1.165) is 15.4 Å². The lowest BCUT2D eigenvalue weighted by atomic mass is 10.2. The maximum Gasteiger partial charge on any atom is 0.107 e. The number of hydrogen-bond donors (Lipinski definition) is 1. The number of rotatable bonds is 7. The molecule has 5 heteroatoms. The van der Waals surface area contributed by atoms with Gasteiger partial charge in [0.05, 0.1) is 0 Å². The van der Waals surface area contributed by atoms with Gasteiger partial charge in [0.2, 0.25) is 0 Å². The molecule has 1 heterocycles. The van der Waals surface area contributed by atoms with Gasteiger partial charge in [-0.05, 0) is 46.8 Å². The molecule has 1 rings (SSSR count). The van der Waals surface area contributed by atoms with E-state index >= 15 is 0 Å². The molecule has 1 aromatic heterocycles. The third kappa shape index (κ3) is 5.41. The van der Waals surface area contributed by atoms with Crippen molar-refractivity contribution in [2.24, 2.45) is 0 Å². The number of thioether (sulfide) groups is 1. The van der Waals surface area contributed by atoms with Gasteiger partial charge in [0, 0.05) is 21.9 Å². The van der Waals surface area contributed by atoms with Crippen molar-refractivity contribution < 1.29 is 0 Å². The Balaban J connectivity index is 2.23. The molecule has 0 aliphatic carbocycles. The van der Waals surface area contributed by atoms with Crippen molar-refractivity contribution in [2.75, 3.05) is 11.5 Å². The van der Waals surface area contributed by atoms with Crippen molar-refractivity contribution >= 4 is 50.6 Å². The smallest absolute Gasteiger partial charge is 0.107 e. The molecule has 0 spiro atoms. The monoisotopic (exact) mass is 341 g/mol. The van der Waals surface area contributed by atoms with Crippen molar-refractivity contribution in [3.05, 3.63) is 19.8 Å². The van der Waals surface area contributed by atoms with Gasteiger partial charge in [0.1, 0.15) is 4.34 Å². The molecule has 1 N–H and O–H groups in total. The van der Waals surface area contributed by atoms with Gasteiger partial charge < -0.3 is 5.32 Å². The quantitative estimate of drug-likeness (QED) is 0.715. The van der Waals surface area contributed by atoms with E-state index in [1.54, 1.807) is 11.3 Å². The molecule has 0 bridgehead atoms. The summed E-state index contributed by atoms with van der Waals surface area (Å²) in [5.74, 6) is 2.44. The molecular formula is C11H17BrClNS2. The molecular weight excluding hydrogens is 326 g/mol. The standard InChI is InChI=1S/C11H17BrClNS2/c1-3-15-5-4-8(2)14-7-9-6-10(12)11(13)16-9/h6,8,14H,3-5,7H2,1-2H3. The van der Waals surface area contributed by atoms with Crippen molar-refractivity contribution in [2.45, 2.75) is 32.9 Å². The van der Waals surface area contributed by atoms with Crippen molar-refractivity contribution in [1.29, 1.82) is 0 Å². The highest BCUT2D eigenvalue weighted by molar-refractivity contribution is 9.10.